The summed E-state index contributed by atoms with van der Waals surface area (Å²) >= 11 is 7.66. The summed E-state index contributed by atoms with van der Waals surface area (Å²) in [7, 11) is 0. The van der Waals surface area contributed by atoms with E-state index in [-0.39, 0.29) is 11.0 Å². The molecule has 0 aliphatic heterocycles. The lowest BCUT2D eigenvalue weighted by Crippen LogP contribution is -2.32. The number of hydrogen-bond acceptors (Lipinski definition) is 3. The van der Waals surface area contributed by atoms with Crippen molar-refractivity contribution in [3.05, 3.63) is 16.1 Å². The number of thiazole rings is 1. The lowest BCUT2D eigenvalue weighted by atomic mass is 9.93. The maximum Gasteiger partial charge on any atom is 0.107 e. The van der Waals surface area contributed by atoms with Gasteiger partial charge >= 0.3 is 0 Å². The zero-order valence-corrected chi connectivity index (χ0v) is 11.7. The van der Waals surface area contributed by atoms with Gasteiger partial charge in [-0.2, -0.15) is 0 Å². The third-order valence-electron chi connectivity index (χ3n) is 3.04. The van der Waals surface area contributed by atoms with Crippen LogP contribution in [0.1, 0.15) is 44.3 Å². The third-order valence-corrected chi connectivity index (χ3v) is 4.40. The molecule has 0 bridgehead atoms. The molecule has 4 heteroatoms. The fourth-order valence-corrected chi connectivity index (χ4v) is 2.83. The van der Waals surface area contributed by atoms with Crippen molar-refractivity contribution < 1.29 is 0 Å². The number of aromatic nitrogens is 1. The van der Waals surface area contributed by atoms with Crippen LogP contribution >= 0.6 is 22.9 Å². The van der Waals surface area contributed by atoms with Gasteiger partial charge in [-0.1, -0.05) is 20.8 Å². The van der Waals surface area contributed by atoms with Gasteiger partial charge in [0.15, 0.2) is 0 Å². The van der Waals surface area contributed by atoms with Gasteiger partial charge in [-0.25, -0.2) is 4.98 Å². The smallest absolute Gasteiger partial charge is 0.107 e. The van der Waals surface area contributed by atoms with Gasteiger partial charge in [0.25, 0.3) is 0 Å². The summed E-state index contributed by atoms with van der Waals surface area (Å²) in [4.78, 5) is 4.66. The van der Waals surface area contributed by atoms with E-state index in [1.807, 2.05) is 0 Å². The Morgan fingerprint density at radius 1 is 1.50 bits per heavy atom. The molecule has 0 amide bonds. The molecule has 0 aromatic carbocycles. The molecule has 16 heavy (non-hydrogen) atoms. The van der Waals surface area contributed by atoms with Crippen molar-refractivity contribution in [1.82, 2.24) is 10.3 Å². The largest absolute Gasteiger partial charge is 0.304 e. The van der Waals surface area contributed by atoms with Crippen LogP contribution in [0.2, 0.25) is 0 Å². The van der Waals surface area contributed by atoms with Crippen LogP contribution in [0.15, 0.2) is 5.38 Å². The number of rotatable bonds is 4. The molecule has 1 aromatic rings. The maximum absolute atomic E-state index is 5.92. The molecule has 0 saturated heterocycles. The molecule has 1 aliphatic rings. The van der Waals surface area contributed by atoms with Gasteiger partial charge in [-0.15, -0.1) is 22.9 Å². The molecule has 90 valence electrons. The number of hydrogen-bond donors (Lipinski definition) is 1. The van der Waals surface area contributed by atoms with Crippen LogP contribution in [0.4, 0.5) is 0 Å². The van der Waals surface area contributed by atoms with Crippen molar-refractivity contribution in [1.29, 1.82) is 0 Å². The van der Waals surface area contributed by atoms with Crippen molar-refractivity contribution in [3.8, 4) is 0 Å². The highest BCUT2D eigenvalue weighted by atomic mass is 35.5. The normalized spacial score (nSPS) is 18.8. The average Bonchev–Trinajstić information content (AvgIpc) is 2.83. The van der Waals surface area contributed by atoms with E-state index in [4.69, 9.17) is 11.6 Å². The van der Waals surface area contributed by atoms with Crippen molar-refractivity contribution in [2.45, 2.75) is 51.1 Å². The van der Waals surface area contributed by atoms with Gasteiger partial charge in [0.1, 0.15) is 5.01 Å². The fraction of sp³-hybridized carbons (Fsp3) is 0.750. The molecule has 0 radical (unpaired) electrons. The third kappa shape index (κ3) is 2.76. The lowest BCUT2D eigenvalue weighted by Gasteiger charge is -2.15. The van der Waals surface area contributed by atoms with E-state index in [1.54, 1.807) is 11.3 Å². The van der Waals surface area contributed by atoms with Gasteiger partial charge in [-0.05, 0) is 12.8 Å². The zero-order valence-electron chi connectivity index (χ0n) is 10.1. The predicted octanol–water partition coefficient (Wildman–Crippen LogP) is 3.30. The van der Waals surface area contributed by atoms with Gasteiger partial charge in [0.2, 0.25) is 0 Å². The van der Waals surface area contributed by atoms with Crippen LogP contribution in [-0.4, -0.2) is 16.4 Å². The standard InChI is InChI=1S/C12H19ClN2S/c1-11(2,3)9-7-16-10(15-9)6-14-12(8-13)4-5-12/h7,14H,4-6,8H2,1-3H3. The SMILES string of the molecule is CC(C)(C)c1csc(CNC2(CCl)CC2)n1. The summed E-state index contributed by atoms with van der Waals surface area (Å²) in [5.74, 6) is 0.713. The quantitative estimate of drug-likeness (QED) is 0.839. The highest BCUT2D eigenvalue weighted by Crippen LogP contribution is 2.36. The van der Waals surface area contributed by atoms with E-state index in [0.717, 1.165) is 6.54 Å². The van der Waals surface area contributed by atoms with Crippen LogP contribution in [0.3, 0.4) is 0 Å². The van der Waals surface area contributed by atoms with Crippen molar-refractivity contribution in [2.75, 3.05) is 5.88 Å². The van der Waals surface area contributed by atoms with Gasteiger partial charge in [-0.3, -0.25) is 0 Å². The molecule has 1 N–H and O–H groups in total. The summed E-state index contributed by atoms with van der Waals surface area (Å²) in [5.41, 5.74) is 1.55. The second-order valence-electron chi connectivity index (χ2n) is 5.64. The van der Waals surface area contributed by atoms with Gasteiger partial charge in [0.05, 0.1) is 5.69 Å². The minimum absolute atomic E-state index is 0.151. The Bertz CT molecular complexity index is 363. The lowest BCUT2D eigenvalue weighted by molar-refractivity contribution is 0.534. The number of nitrogens with one attached hydrogen (secondary N) is 1. The molecule has 0 spiro atoms. The highest BCUT2D eigenvalue weighted by molar-refractivity contribution is 7.09. The molecular formula is C12H19ClN2S. The van der Waals surface area contributed by atoms with E-state index in [1.165, 1.54) is 23.5 Å². The molecule has 1 fully saturated rings. The Morgan fingerprint density at radius 3 is 2.62 bits per heavy atom. The van der Waals surface area contributed by atoms with Crippen molar-refractivity contribution in [2.24, 2.45) is 0 Å². The Kier molecular flexibility index (Phi) is 3.30. The monoisotopic (exact) mass is 258 g/mol. The molecule has 2 rings (SSSR count). The molecule has 1 aliphatic carbocycles. The average molecular weight is 259 g/mol. The van der Waals surface area contributed by atoms with Crippen LogP contribution in [0.5, 0.6) is 0 Å². The molecular weight excluding hydrogens is 240 g/mol. The summed E-state index contributed by atoms with van der Waals surface area (Å²) in [6.45, 7) is 7.44. The predicted molar refractivity (Wildman–Crippen MR) is 70.3 cm³/mol. The Labute approximate surface area is 106 Å². The Balaban J connectivity index is 1.93. The number of halogens is 1. The van der Waals surface area contributed by atoms with Crippen LogP contribution < -0.4 is 5.32 Å². The summed E-state index contributed by atoms with van der Waals surface area (Å²) in [6.07, 6.45) is 2.40. The summed E-state index contributed by atoms with van der Waals surface area (Å²) < 4.78 is 0. The zero-order chi connectivity index (χ0) is 11.8. The van der Waals surface area contributed by atoms with E-state index in [0.29, 0.717) is 5.88 Å². The summed E-state index contributed by atoms with van der Waals surface area (Å²) in [6, 6.07) is 0. The molecule has 2 nitrogen and oxygen atoms in total. The maximum atomic E-state index is 5.92. The minimum atomic E-state index is 0.151. The highest BCUT2D eigenvalue weighted by Gasteiger charge is 2.41. The molecule has 1 aromatic heterocycles. The van der Waals surface area contributed by atoms with E-state index in [2.05, 4.69) is 36.5 Å². The van der Waals surface area contributed by atoms with E-state index < -0.39 is 0 Å². The Hall–Kier alpha value is -0.120. The van der Waals surface area contributed by atoms with Gasteiger partial charge in [0, 0.05) is 28.8 Å². The van der Waals surface area contributed by atoms with Crippen molar-refractivity contribution in [3.63, 3.8) is 0 Å². The number of alkyl halides is 1. The van der Waals surface area contributed by atoms with Gasteiger partial charge < -0.3 is 5.32 Å². The number of nitrogens with zero attached hydrogens (tertiary/aromatic N) is 1. The van der Waals surface area contributed by atoms with E-state index >= 15 is 0 Å². The minimum Gasteiger partial charge on any atom is -0.304 e. The first-order chi connectivity index (χ1) is 7.45. The first kappa shape index (κ1) is 12.3. The fourth-order valence-electron chi connectivity index (χ4n) is 1.51. The molecule has 1 saturated carbocycles. The molecule has 0 atom stereocenters. The Morgan fingerprint density at radius 2 is 2.19 bits per heavy atom. The summed E-state index contributed by atoms with van der Waals surface area (Å²) in [5, 5.41) is 6.85. The first-order valence-corrected chi connectivity index (χ1v) is 7.12. The van der Waals surface area contributed by atoms with Crippen LogP contribution in [0, 0.1) is 0 Å². The molecule has 0 unspecified atom stereocenters. The second-order valence-corrected chi connectivity index (χ2v) is 6.85. The van der Waals surface area contributed by atoms with E-state index in [9.17, 15) is 0 Å². The topological polar surface area (TPSA) is 24.9 Å². The first-order valence-electron chi connectivity index (χ1n) is 5.71. The van der Waals surface area contributed by atoms with Crippen LogP contribution in [-0.2, 0) is 12.0 Å². The second kappa shape index (κ2) is 4.28. The van der Waals surface area contributed by atoms with Crippen LogP contribution in [0.25, 0.3) is 0 Å². The molecule has 1 heterocycles. The van der Waals surface area contributed by atoms with Crippen molar-refractivity contribution >= 4 is 22.9 Å².